The molecular formula is C21H33ClN2O2. The summed E-state index contributed by atoms with van der Waals surface area (Å²) in [5, 5.41) is 3.31. The van der Waals surface area contributed by atoms with Crippen LogP contribution in [0.4, 0.5) is 0 Å². The first-order chi connectivity index (χ1) is 12.2. The number of amides is 1. The molecule has 1 saturated heterocycles. The van der Waals surface area contributed by atoms with Crippen LogP contribution < -0.4 is 11.1 Å². The van der Waals surface area contributed by atoms with Crippen molar-refractivity contribution in [3.63, 3.8) is 0 Å². The minimum absolute atomic E-state index is 0. The molecule has 1 saturated carbocycles. The zero-order valence-electron chi connectivity index (χ0n) is 15.7. The van der Waals surface area contributed by atoms with Gasteiger partial charge in [-0.1, -0.05) is 56.0 Å². The Morgan fingerprint density at radius 2 is 1.62 bits per heavy atom. The van der Waals surface area contributed by atoms with Gasteiger partial charge in [-0.2, -0.15) is 0 Å². The van der Waals surface area contributed by atoms with Gasteiger partial charge in [0.1, 0.15) is 0 Å². The highest BCUT2D eigenvalue weighted by Gasteiger charge is 2.40. The molecule has 0 atom stereocenters. The lowest BCUT2D eigenvalue weighted by molar-refractivity contribution is -0.136. The molecular weight excluding hydrogens is 348 g/mol. The molecule has 5 heteroatoms. The third-order valence-electron chi connectivity index (χ3n) is 6.36. The van der Waals surface area contributed by atoms with Gasteiger partial charge in [-0.25, -0.2) is 0 Å². The molecule has 1 amide bonds. The number of hydrogen-bond acceptors (Lipinski definition) is 3. The van der Waals surface area contributed by atoms with Crippen molar-refractivity contribution in [2.24, 2.45) is 11.1 Å². The maximum Gasteiger partial charge on any atom is 0.227 e. The van der Waals surface area contributed by atoms with E-state index >= 15 is 0 Å². The monoisotopic (exact) mass is 380 g/mol. The molecule has 26 heavy (non-hydrogen) atoms. The molecule has 0 radical (unpaired) electrons. The third-order valence-corrected chi connectivity index (χ3v) is 6.36. The van der Waals surface area contributed by atoms with Crippen molar-refractivity contribution in [3.05, 3.63) is 35.9 Å². The Bertz CT molecular complexity index is 550. The van der Waals surface area contributed by atoms with Crippen molar-refractivity contribution < 1.29 is 9.53 Å². The first-order valence-corrected chi connectivity index (χ1v) is 9.83. The molecule has 0 aromatic heterocycles. The molecule has 3 rings (SSSR count). The molecule has 1 aromatic carbocycles. The van der Waals surface area contributed by atoms with Gasteiger partial charge in [0.25, 0.3) is 0 Å². The molecule has 1 aliphatic heterocycles. The van der Waals surface area contributed by atoms with Gasteiger partial charge in [0, 0.05) is 31.7 Å². The number of carbonyl (C=O) groups excluding carboxylic acids is 1. The van der Waals surface area contributed by atoms with E-state index in [2.05, 4.69) is 35.6 Å². The summed E-state index contributed by atoms with van der Waals surface area (Å²) in [5.41, 5.74) is 6.99. The second-order valence-corrected chi connectivity index (χ2v) is 7.84. The van der Waals surface area contributed by atoms with Gasteiger partial charge in [0.05, 0.1) is 5.41 Å². The molecule has 4 nitrogen and oxygen atoms in total. The SMILES string of the molecule is Cl.NCC1(C(=O)NCC2(c3ccccc3)CCCCCC2)CCOCC1. The number of carbonyl (C=O) groups is 1. The van der Waals surface area contributed by atoms with Crippen LogP contribution in [0.3, 0.4) is 0 Å². The Labute approximate surface area is 163 Å². The normalized spacial score (nSPS) is 21.9. The van der Waals surface area contributed by atoms with E-state index in [1.165, 1.54) is 31.2 Å². The first kappa shape index (κ1) is 21.2. The number of halogens is 1. The lowest BCUT2D eigenvalue weighted by Crippen LogP contribution is -2.52. The van der Waals surface area contributed by atoms with E-state index in [4.69, 9.17) is 10.5 Å². The van der Waals surface area contributed by atoms with Gasteiger partial charge < -0.3 is 15.8 Å². The summed E-state index contributed by atoms with van der Waals surface area (Å²) >= 11 is 0. The van der Waals surface area contributed by atoms with Crippen molar-refractivity contribution in [2.45, 2.75) is 56.8 Å². The highest BCUT2D eigenvalue weighted by Crippen LogP contribution is 2.38. The molecule has 3 N–H and O–H groups in total. The van der Waals surface area contributed by atoms with Gasteiger partial charge in [0.15, 0.2) is 0 Å². The topological polar surface area (TPSA) is 64.4 Å². The molecule has 1 heterocycles. The Kier molecular flexibility index (Phi) is 7.93. The van der Waals surface area contributed by atoms with Crippen LogP contribution >= 0.6 is 12.4 Å². The van der Waals surface area contributed by atoms with E-state index in [1.54, 1.807) is 0 Å². The fraction of sp³-hybridized carbons (Fsp3) is 0.667. The van der Waals surface area contributed by atoms with E-state index in [0.717, 1.165) is 32.2 Å². The van der Waals surface area contributed by atoms with Crippen molar-refractivity contribution in [2.75, 3.05) is 26.3 Å². The summed E-state index contributed by atoms with van der Waals surface area (Å²) in [6.45, 7) is 2.39. The first-order valence-electron chi connectivity index (χ1n) is 9.83. The number of hydrogen-bond donors (Lipinski definition) is 2. The Morgan fingerprint density at radius 1 is 1.00 bits per heavy atom. The van der Waals surface area contributed by atoms with Crippen LogP contribution in [-0.2, 0) is 14.9 Å². The van der Waals surface area contributed by atoms with Crippen LogP contribution in [0.25, 0.3) is 0 Å². The molecule has 1 aromatic rings. The molecule has 2 fully saturated rings. The Morgan fingerprint density at radius 3 is 2.19 bits per heavy atom. The lowest BCUT2D eigenvalue weighted by atomic mass is 9.73. The summed E-state index contributed by atoms with van der Waals surface area (Å²) in [6, 6.07) is 10.8. The predicted molar refractivity (Wildman–Crippen MR) is 108 cm³/mol. The molecule has 0 bridgehead atoms. The van der Waals surface area contributed by atoms with E-state index in [0.29, 0.717) is 19.8 Å². The lowest BCUT2D eigenvalue weighted by Gasteiger charge is -2.38. The van der Waals surface area contributed by atoms with Crippen LogP contribution in [-0.4, -0.2) is 32.2 Å². The summed E-state index contributed by atoms with van der Waals surface area (Å²) in [5.74, 6) is 0.123. The largest absolute Gasteiger partial charge is 0.381 e. The number of rotatable bonds is 5. The van der Waals surface area contributed by atoms with Crippen molar-refractivity contribution in [1.82, 2.24) is 5.32 Å². The molecule has 2 aliphatic rings. The van der Waals surface area contributed by atoms with Crippen LogP contribution in [0.15, 0.2) is 30.3 Å². The second-order valence-electron chi connectivity index (χ2n) is 7.84. The third kappa shape index (κ3) is 4.59. The molecule has 0 unspecified atom stereocenters. The smallest absolute Gasteiger partial charge is 0.227 e. The summed E-state index contributed by atoms with van der Waals surface area (Å²) in [7, 11) is 0. The number of nitrogens with one attached hydrogen (secondary N) is 1. The van der Waals surface area contributed by atoms with Gasteiger partial charge in [-0.05, 0) is 31.2 Å². The van der Waals surface area contributed by atoms with E-state index < -0.39 is 5.41 Å². The van der Waals surface area contributed by atoms with Crippen molar-refractivity contribution in [3.8, 4) is 0 Å². The quantitative estimate of drug-likeness (QED) is 0.767. The average molecular weight is 381 g/mol. The van der Waals surface area contributed by atoms with Crippen molar-refractivity contribution >= 4 is 18.3 Å². The number of benzene rings is 1. The zero-order valence-corrected chi connectivity index (χ0v) is 16.5. The highest BCUT2D eigenvalue weighted by atomic mass is 35.5. The van der Waals surface area contributed by atoms with Gasteiger partial charge in [0.2, 0.25) is 5.91 Å². The van der Waals surface area contributed by atoms with E-state index in [-0.39, 0.29) is 23.7 Å². The fourth-order valence-corrected chi connectivity index (χ4v) is 4.49. The van der Waals surface area contributed by atoms with Crippen LogP contribution in [0.5, 0.6) is 0 Å². The fourth-order valence-electron chi connectivity index (χ4n) is 4.49. The zero-order chi connectivity index (χ0) is 17.6. The van der Waals surface area contributed by atoms with Crippen LogP contribution in [0.2, 0.25) is 0 Å². The van der Waals surface area contributed by atoms with Gasteiger partial charge in [-0.15, -0.1) is 12.4 Å². The number of nitrogens with two attached hydrogens (primary N) is 1. The maximum absolute atomic E-state index is 13.0. The predicted octanol–water partition coefficient (Wildman–Crippen LogP) is 3.57. The van der Waals surface area contributed by atoms with E-state index in [1.807, 2.05) is 0 Å². The minimum atomic E-state index is -0.444. The Balaban J connectivity index is 0.00000243. The molecule has 146 valence electrons. The highest BCUT2D eigenvalue weighted by molar-refractivity contribution is 5.85. The minimum Gasteiger partial charge on any atom is -0.381 e. The van der Waals surface area contributed by atoms with Crippen molar-refractivity contribution in [1.29, 1.82) is 0 Å². The molecule has 1 aliphatic carbocycles. The van der Waals surface area contributed by atoms with Crippen LogP contribution in [0.1, 0.15) is 56.9 Å². The Hall–Kier alpha value is -1.10. The van der Waals surface area contributed by atoms with E-state index in [9.17, 15) is 4.79 Å². The summed E-state index contributed by atoms with van der Waals surface area (Å²) < 4.78 is 5.44. The van der Waals surface area contributed by atoms with Gasteiger partial charge >= 0.3 is 0 Å². The summed E-state index contributed by atoms with van der Waals surface area (Å²) in [6.07, 6.45) is 8.83. The maximum atomic E-state index is 13.0. The van der Waals surface area contributed by atoms with Crippen LogP contribution in [0, 0.1) is 5.41 Å². The van der Waals surface area contributed by atoms with Gasteiger partial charge in [-0.3, -0.25) is 4.79 Å². The standard InChI is InChI=1S/C21H32N2O2.ClH/c22-16-20(12-14-25-15-13-20)19(24)23-17-21(10-6-1-2-7-11-21)18-8-4-3-5-9-18;/h3-5,8-9H,1-2,6-7,10-17,22H2,(H,23,24);1H. The number of ether oxygens (including phenoxy) is 1. The molecule has 0 spiro atoms. The summed E-state index contributed by atoms with van der Waals surface area (Å²) in [4.78, 5) is 13.0. The average Bonchev–Trinajstić information content (AvgIpc) is 2.94. The second kappa shape index (κ2) is 9.72.